The number of hydrazone groups is 1. The topological polar surface area (TPSA) is 77.4 Å². The number of nitrogens with zero attached hydrogens (tertiary/aromatic N) is 3. The van der Waals surface area contributed by atoms with Gasteiger partial charge in [-0.2, -0.15) is 5.12 Å². The minimum atomic E-state index is -0.528. The molecule has 0 bridgehead atoms. The van der Waals surface area contributed by atoms with Gasteiger partial charge in [0.25, 0.3) is 0 Å². The first-order valence-electron chi connectivity index (χ1n) is 13.8. The Morgan fingerprint density at radius 1 is 1.15 bits per heavy atom. The van der Waals surface area contributed by atoms with Crippen LogP contribution in [0.4, 0.5) is 0 Å². The van der Waals surface area contributed by atoms with Crippen LogP contribution >= 0.6 is 0 Å². The molecule has 34 heavy (non-hydrogen) atoms. The van der Waals surface area contributed by atoms with Crippen LogP contribution in [0.15, 0.2) is 5.10 Å². The molecule has 0 radical (unpaired) electrons. The fourth-order valence-corrected chi connectivity index (χ4v) is 9.28. The molecule has 4 fully saturated rings. The van der Waals surface area contributed by atoms with Crippen LogP contribution in [0, 0.1) is 40.4 Å². The molecule has 0 unspecified atom stereocenters. The van der Waals surface area contributed by atoms with Crippen molar-refractivity contribution in [3.05, 3.63) is 0 Å². The molecule has 0 aromatic carbocycles. The van der Waals surface area contributed by atoms with Gasteiger partial charge in [-0.3, -0.25) is 10.2 Å². The minimum absolute atomic E-state index is 0.0997. The van der Waals surface area contributed by atoms with Crippen molar-refractivity contribution in [2.24, 2.45) is 45.5 Å². The summed E-state index contributed by atoms with van der Waals surface area (Å²) in [6, 6.07) is 0. The summed E-state index contributed by atoms with van der Waals surface area (Å²) in [5.41, 5.74) is 2.93. The number of carbonyl (C=O) groups is 1. The fourth-order valence-electron chi connectivity index (χ4n) is 9.28. The summed E-state index contributed by atoms with van der Waals surface area (Å²) < 4.78 is 6.18. The Hall–Kier alpha value is -1.18. The number of ether oxygens (including phenoxy) is 1. The maximum absolute atomic E-state index is 13.6. The number of hydrazine groups is 2. The van der Waals surface area contributed by atoms with Crippen molar-refractivity contribution >= 4 is 11.6 Å². The van der Waals surface area contributed by atoms with Gasteiger partial charge in [0.2, 0.25) is 0 Å². The number of amidine groups is 1. The maximum atomic E-state index is 13.6. The lowest BCUT2D eigenvalue weighted by Gasteiger charge is -2.62. The van der Waals surface area contributed by atoms with Gasteiger partial charge in [-0.15, -0.1) is 10.2 Å². The Labute approximate surface area is 205 Å². The third kappa shape index (κ3) is 3.90. The van der Waals surface area contributed by atoms with Gasteiger partial charge in [0.05, 0.1) is 12.2 Å². The van der Waals surface area contributed by atoms with Crippen molar-refractivity contribution in [3.63, 3.8) is 0 Å². The first kappa shape index (κ1) is 24.5. The zero-order valence-electron chi connectivity index (χ0n) is 22.0. The molecule has 8 atom stereocenters. The lowest BCUT2D eigenvalue weighted by atomic mass is 9.43. The van der Waals surface area contributed by atoms with E-state index < -0.39 is 5.60 Å². The first-order chi connectivity index (χ1) is 16.1. The molecule has 0 saturated heterocycles. The summed E-state index contributed by atoms with van der Waals surface area (Å²) in [4.78, 5) is 13.6. The molecule has 0 aromatic rings. The van der Waals surface area contributed by atoms with E-state index in [0.29, 0.717) is 36.0 Å². The van der Waals surface area contributed by atoms with Crippen molar-refractivity contribution in [2.75, 3.05) is 26.8 Å². The number of hydrogen-bond acceptors (Lipinski definition) is 7. The Balaban J connectivity index is 1.35. The van der Waals surface area contributed by atoms with Crippen molar-refractivity contribution in [3.8, 4) is 0 Å². The summed E-state index contributed by atoms with van der Waals surface area (Å²) in [6.07, 6.45) is 9.90. The molecule has 192 valence electrons. The number of fused-ring (bicyclic) bond motifs is 5. The molecule has 1 heterocycles. The smallest absolute Gasteiger partial charge is 0.159 e. The molecule has 2 N–H and O–H groups in total. The molecule has 4 aliphatic carbocycles. The van der Waals surface area contributed by atoms with E-state index in [0.717, 1.165) is 51.2 Å². The minimum Gasteiger partial charge on any atom is -0.390 e. The summed E-state index contributed by atoms with van der Waals surface area (Å²) >= 11 is 0. The molecule has 0 amide bonds. The van der Waals surface area contributed by atoms with Crippen LogP contribution in [0.1, 0.15) is 85.5 Å². The first-order valence-corrected chi connectivity index (χ1v) is 13.8. The van der Waals surface area contributed by atoms with Gasteiger partial charge in [-0.05, 0) is 113 Å². The van der Waals surface area contributed by atoms with Gasteiger partial charge in [0.1, 0.15) is 12.4 Å². The molecule has 4 saturated carbocycles. The van der Waals surface area contributed by atoms with Crippen LogP contribution < -0.4 is 5.43 Å². The van der Waals surface area contributed by atoms with E-state index >= 15 is 0 Å². The van der Waals surface area contributed by atoms with Crippen LogP contribution in [-0.2, 0) is 9.53 Å². The van der Waals surface area contributed by atoms with Crippen LogP contribution in [-0.4, -0.2) is 59.4 Å². The number of nitrogens with one attached hydrogen (secondary N) is 1. The Morgan fingerprint density at radius 2 is 1.94 bits per heavy atom. The number of ketones is 1. The van der Waals surface area contributed by atoms with Crippen LogP contribution in [0.3, 0.4) is 0 Å². The Morgan fingerprint density at radius 3 is 2.65 bits per heavy atom. The van der Waals surface area contributed by atoms with E-state index in [1.165, 1.54) is 25.7 Å². The third-order valence-electron chi connectivity index (χ3n) is 10.8. The highest BCUT2D eigenvalue weighted by atomic mass is 16.5. The van der Waals surface area contributed by atoms with Crippen LogP contribution in [0.2, 0.25) is 0 Å². The van der Waals surface area contributed by atoms with E-state index in [1.807, 2.05) is 26.0 Å². The normalized spacial score (nSPS) is 46.4. The lowest BCUT2D eigenvalue weighted by Crippen LogP contribution is -2.58. The Bertz CT molecular complexity index is 831. The molecule has 7 nitrogen and oxygen atoms in total. The molecule has 5 aliphatic rings. The second-order valence-corrected chi connectivity index (χ2v) is 12.7. The average Bonchev–Trinajstić information content (AvgIpc) is 3.29. The van der Waals surface area contributed by atoms with Gasteiger partial charge in [0, 0.05) is 19.6 Å². The van der Waals surface area contributed by atoms with Gasteiger partial charge in [-0.25, -0.2) is 0 Å². The summed E-state index contributed by atoms with van der Waals surface area (Å²) in [6.45, 7) is 10.5. The van der Waals surface area contributed by atoms with E-state index in [1.54, 1.807) is 5.12 Å². The Kier molecular flexibility index (Phi) is 6.30. The lowest BCUT2D eigenvalue weighted by molar-refractivity contribution is -0.178. The summed E-state index contributed by atoms with van der Waals surface area (Å²) in [5, 5.41) is 19.0. The molecule has 0 spiro atoms. The molecular weight excluding hydrogens is 428 g/mol. The molecule has 7 heteroatoms. The monoisotopic (exact) mass is 474 g/mol. The largest absolute Gasteiger partial charge is 0.390 e. The number of Topliss-reactive ketones (excluding diaryl/α,β-unsaturated/α-hetero) is 1. The third-order valence-corrected chi connectivity index (χ3v) is 10.8. The van der Waals surface area contributed by atoms with Crippen molar-refractivity contribution in [1.29, 1.82) is 0 Å². The van der Waals surface area contributed by atoms with Gasteiger partial charge in [0.15, 0.2) is 5.78 Å². The maximum Gasteiger partial charge on any atom is 0.159 e. The van der Waals surface area contributed by atoms with Crippen molar-refractivity contribution in [1.82, 2.24) is 15.7 Å². The van der Waals surface area contributed by atoms with E-state index in [9.17, 15) is 9.90 Å². The van der Waals surface area contributed by atoms with Crippen LogP contribution in [0.5, 0.6) is 0 Å². The highest BCUT2D eigenvalue weighted by Gasteiger charge is 2.63. The second-order valence-electron chi connectivity index (χ2n) is 12.7. The van der Waals surface area contributed by atoms with Gasteiger partial charge < -0.3 is 9.84 Å². The zero-order chi connectivity index (χ0) is 24.3. The highest BCUT2D eigenvalue weighted by molar-refractivity contribution is 5.85. The van der Waals surface area contributed by atoms with E-state index in [-0.39, 0.29) is 16.7 Å². The molecule has 1 aliphatic heterocycles. The fraction of sp³-hybridized carbons (Fsp3) is 0.926. The van der Waals surface area contributed by atoms with Crippen LogP contribution in [0.25, 0.3) is 0 Å². The second kappa shape index (κ2) is 8.74. The quantitative estimate of drug-likeness (QED) is 0.606. The van der Waals surface area contributed by atoms with Crippen molar-refractivity contribution in [2.45, 2.75) is 91.1 Å². The van der Waals surface area contributed by atoms with E-state index in [2.05, 4.69) is 24.4 Å². The molecular formula is C27H46N4O3. The molecule has 0 aromatic heterocycles. The number of carbonyl (C=O) groups excluding carboxylic acids is 1. The SMILES string of the molecule is CCOC[C@]12CC[C@@](C)(O)C[C@@H]1CC[C@H]1[C@@H]3CC[C@H](C(=O)CN4N=C(C)NN4C)[C@@]3(C)CC[C@@H]12. The van der Waals surface area contributed by atoms with E-state index in [4.69, 9.17) is 4.74 Å². The summed E-state index contributed by atoms with van der Waals surface area (Å²) in [7, 11) is 1.91. The average molecular weight is 475 g/mol. The standard InChI is InChI=1S/C27H46N4O3/c1-6-34-17-27-14-13-25(3,33)15-19(27)7-8-20-21-9-10-23(26(21,4)12-11-22(20)27)24(32)16-31-29-18(2)28-30(31)5/h19-23,33H,6-17H2,1-5H3,(H,28,29)/t19-,20-,21-,22-,23+,25+,26-,27+/m0/s1. The predicted octanol–water partition coefficient (Wildman–Crippen LogP) is 3.98. The number of hydrogen-bond donors (Lipinski definition) is 2. The molecule has 5 rings (SSSR count). The highest BCUT2D eigenvalue weighted by Crippen LogP contribution is 2.68. The van der Waals surface area contributed by atoms with Gasteiger partial charge in [-0.1, -0.05) is 6.92 Å². The zero-order valence-corrected chi connectivity index (χ0v) is 22.0. The number of aliphatic hydroxyl groups is 1. The van der Waals surface area contributed by atoms with Crippen molar-refractivity contribution < 1.29 is 14.6 Å². The predicted molar refractivity (Wildman–Crippen MR) is 132 cm³/mol. The number of rotatable bonds is 6. The van der Waals surface area contributed by atoms with Gasteiger partial charge >= 0.3 is 0 Å². The summed E-state index contributed by atoms with van der Waals surface area (Å²) in [5.74, 6) is 3.86.